The number of halogens is 1. The molecular formula is C24H19FN2O2. The second-order valence-corrected chi connectivity index (χ2v) is 6.81. The van der Waals surface area contributed by atoms with Gasteiger partial charge in [0.15, 0.2) is 0 Å². The van der Waals surface area contributed by atoms with Gasteiger partial charge in [0.05, 0.1) is 5.69 Å². The lowest BCUT2D eigenvalue weighted by Gasteiger charge is -2.09. The van der Waals surface area contributed by atoms with E-state index in [1.54, 1.807) is 19.1 Å². The highest BCUT2D eigenvalue weighted by Crippen LogP contribution is 2.20. The van der Waals surface area contributed by atoms with Crippen molar-refractivity contribution in [3.05, 3.63) is 101 Å². The first-order valence-electron chi connectivity index (χ1n) is 9.22. The topological polar surface area (TPSA) is 54.6 Å². The minimum absolute atomic E-state index is 0.171. The molecular weight excluding hydrogens is 367 g/mol. The van der Waals surface area contributed by atoms with Gasteiger partial charge in [0.1, 0.15) is 17.0 Å². The Morgan fingerprint density at radius 1 is 0.931 bits per heavy atom. The zero-order chi connectivity index (χ0) is 20.4. The SMILES string of the molecule is Cc1cc(F)ccc1N=c1oc2ccccc2cc1C(=O)Nc1ccccc1C. The monoisotopic (exact) mass is 386 g/mol. The van der Waals surface area contributed by atoms with Gasteiger partial charge >= 0.3 is 0 Å². The summed E-state index contributed by atoms with van der Waals surface area (Å²) in [5.74, 6) is -0.665. The van der Waals surface area contributed by atoms with E-state index in [1.807, 2.05) is 55.5 Å². The van der Waals surface area contributed by atoms with E-state index in [4.69, 9.17) is 4.42 Å². The molecule has 0 aliphatic heterocycles. The number of benzene rings is 3. The van der Waals surface area contributed by atoms with Crippen molar-refractivity contribution in [1.29, 1.82) is 0 Å². The summed E-state index contributed by atoms with van der Waals surface area (Å²) in [5, 5.41) is 3.71. The summed E-state index contributed by atoms with van der Waals surface area (Å²) < 4.78 is 19.4. The van der Waals surface area contributed by atoms with Crippen LogP contribution in [0.1, 0.15) is 21.5 Å². The molecule has 3 aromatic carbocycles. The fourth-order valence-electron chi connectivity index (χ4n) is 3.07. The summed E-state index contributed by atoms with van der Waals surface area (Å²) >= 11 is 0. The van der Waals surface area contributed by atoms with Crippen molar-refractivity contribution in [2.75, 3.05) is 5.32 Å². The molecule has 0 radical (unpaired) electrons. The molecule has 0 saturated heterocycles. The Labute approximate surface area is 167 Å². The van der Waals surface area contributed by atoms with Gasteiger partial charge in [-0.05, 0) is 61.4 Å². The maximum atomic E-state index is 13.5. The van der Waals surface area contributed by atoms with Gasteiger partial charge in [0.25, 0.3) is 5.91 Å². The van der Waals surface area contributed by atoms with Crippen LogP contribution in [0.15, 0.2) is 82.2 Å². The summed E-state index contributed by atoms with van der Waals surface area (Å²) in [5.41, 5.74) is 3.94. The number of hydrogen-bond acceptors (Lipinski definition) is 3. The Morgan fingerprint density at radius 3 is 2.48 bits per heavy atom. The molecule has 0 fully saturated rings. The van der Waals surface area contributed by atoms with Gasteiger partial charge in [0.2, 0.25) is 5.55 Å². The van der Waals surface area contributed by atoms with E-state index in [9.17, 15) is 9.18 Å². The predicted molar refractivity (Wildman–Crippen MR) is 112 cm³/mol. The maximum Gasteiger partial charge on any atom is 0.261 e. The number of amides is 1. The van der Waals surface area contributed by atoms with Gasteiger partial charge in [-0.3, -0.25) is 4.79 Å². The highest BCUT2D eigenvalue weighted by molar-refractivity contribution is 6.05. The van der Waals surface area contributed by atoms with Crippen LogP contribution in [-0.2, 0) is 0 Å². The van der Waals surface area contributed by atoms with E-state index in [-0.39, 0.29) is 17.3 Å². The van der Waals surface area contributed by atoms with E-state index in [1.165, 1.54) is 12.1 Å². The molecule has 0 aliphatic rings. The molecule has 1 aromatic heterocycles. The lowest BCUT2D eigenvalue weighted by Crippen LogP contribution is -2.22. The number of rotatable bonds is 3. The normalized spacial score (nSPS) is 11.6. The Balaban J connectivity index is 1.87. The van der Waals surface area contributed by atoms with Gasteiger partial charge in [0, 0.05) is 11.1 Å². The summed E-state index contributed by atoms with van der Waals surface area (Å²) in [6.45, 7) is 3.68. The number of carbonyl (C=O) groups is 1. The van der Waals surface area contributed by atoms with Crippen LogP contribution >= 0.6 is 0 Å². The van der Waals surface area contributed by atoms with Crippen LogP contribution in [-0.4, -0.2) is 5.91 Å². The lowest BCUT2D eigenvalue weighted by atomic mass is 10.1. The first-order valence-corrected chi connectivity index (χ1v) is 9.22. The zero-order valence-corrected chi connectivity index (χ0v) is 16.1. The minimum Gasteiger partial charge on any atom is -0.438 e. The fraction of sp³-hybridized carbons (Fsp3) is 0.0833. The van der Waals surface area contributed by atoms with Crippen molar-refractivity contribution in [3.63, 3.8) is 0 Å². The number of anilines is 1. The molecule has 5 heteroatoms. The Hall–Kier alpha value is -3.73. The summed E-state index contributed by atoms with van der Waals surface area (Å²) in [6, 6.07) is 21.0. The fourth-order valence-corrected chi connectivity index (χ4v) is 3.07. The van der Waals surface area contributed by atoms with Crippen LogP contribution in [0.3, 0.4) is 0 Å². The third kappa shape index (κ3) is 3.94. The molecule has 0 unspecified atom stereocenters. The number of aryl methyl sites for hydroxylation is 2. The van der Waals surface area contributed by atoms with Crippen LogP contribution in [0.4, 0.5) is 15.8 Å². The number of hydrogen-bond donors (Lipinski definition) is 1. The van der Waals surface area contributed by atoms with Gasteiger partial charge in [-0.2, -0.15) is 0 Å². The van der Waals surface area contributed by atoms with E-state index < -0.39 is 0 Å². The van der Waals surface area contributed by atoms with Crippen molar-refractivity contribution >= 4 is 28.3 Å². The van der Waals surface area contributed by atoms with Crippen LogP contribution in [0, 0.1) is 19.7 Å². The van der Waals surface area contributed by atoms with Crippen LogP contribution < -0.4 is 10.9 Å². The molecule has 1 heterocycles. The average Bonchev–Trinajstić information content (AvgIpc) is 2.71. The number of nitrogens with one attached hydrogen (secondary N) is 1. The largest absolute Gasteiger partial charge is 0.438 e. The van der Waals surface area contributed by atoms with E-state index >= 15 is 0 Å². The highest BCUT2D eigenvalue weighted by atomic mass is 19.1. The molecule has 0 bridgehead atoms. The molecule has 4 rings (SSSR count). The first-order chi connectivity index (χ1) is 14.0. The number of carbonyl (C=O) groups excluding carboxylic acids is 1. The predicted octanol–water partition coefficient (Wildman–Crippen LogP) is 5.67. The van der Waals surface area contributed by atoms with Gasteiger partial charge in [-0.1, -0.05) is 36.4 Å². The number of fused-ring (bicyclic) bond motifs is 1. The van der Waals surface area contributed by atoms with Crippen LogP contribution in [0.25, 0.3) is 11.0 Å². The average molecular weight is 386 g/mol. The van der Waals surface area contributed by atoms with Crippen LogP contribution in [0.5, 0.6) is 0 Å². The minimum atomic E-state index is -0.339. The molecule has 0 atom stereocenters. The molecule has 29 heavy (non-hydrogen) atoms. The van der Waals surface area contributed by atoms with Gasteiger partial charge in [-0.15, -0.1) is 0 Å². The Bertz CT molecular complexity index is 1290. The van der Waals surface area contributed by atoms with Crippen molar-refractivity contribution in [3.8, 4) is 0 Å². The van der Waals surface area contributed by atoms with E-state index in [0.717, 1.165) is 16.6 Å². The third-order valence-electron chi connectivity index (χ3n) is 4.67. The summed E-state index contributed by atoms with van der Waals surface area (Å²) in [4.78, 5) is 17.6. The second kappa shape index (κ2) is 7.72. The van der Waals surface area contributed by atoms with E-state index in [2.05, 4.69) is 10.3 Å². The maximum absolute atomic E-state index is 13.5. The summed E-state index contributed by atoms with van der Waals surface area (Å²) in [7, 11) is 0. The highest BCUT2D eigenvalue weighted by Gasteiger charge is 2.14. The van der Waals surface area contributed by atoms with Crippen molar-refractivity contribution < 1.29 is 13.6 Å². The molecule has 1 N–H and O–H groups in total. The molecule has 0 saturated carbocycles. The molecule has 0 aliphatic carbocycles. The Kier molecular flexibility index (Phi) is 4.96. The second-order valence-electron chi connectivity index (χ2n) is 6.81. The number of para-hydroxylation sites is 2. The molecule has 4 aromatic rings. The van der Waals surface area contributed by atoms with Crippen molar-refractivity contribution in [2.24, 2.45) is 4.99 Å². The lowest BCUT2D eigenvalue weighted by molar-refractivity contribution is 0.102. The standard InChI is InChI=1S/C24H19FN2O2/c1-15-7-3-5-9-20(15)26-23(28)19-14-17-8-4-6-10-22(17)29-24(19)27-21-12-11-18(25)13-16(21)2/h3-14H,1-2H3,(H,26,28). The third-order valence-corrected chi connectivity index (χ3v) is 4.67. The quantitative estimate of drug-likeness (QED) is 0.493. The smallest absolute Gasteiger partial charge is 0.261 e. The van der Waals surface area contributed by atoms with Crippen LogP contribution in [0.2, 0.25) is 0 Å². The summed E-state index contributed by atoms with van der Waals surface area (Å²) in [6.07, 6.45) is 0. The Morgan fingerprint density at radius 2 is 1.69 bits per heavy atom. The van der Waals surface area contributed by atoms with Crippen molar-refractivity contribution in [2.45, 2.75) is 13.8 Å². The molecule has 4 nitrogen and oxygen atoms in total. The molecule has 1 amide bonds. The van der Waals surface area contributed by atoms with Crippen molar-refractivity contribution in [1.82, 2.24) is 0 Å². The molecule has 0 spiro atoms. The zero-order valence-electron chi connectivity index (χ0n) is 16.1. The van der Waals surface area contributed by atoms with E-state index in [0.29, 0.717) is 22.4 Å². The molecule has 144 valence electrons. The van der Waals surface area contributed by atoms with Gasteiger partial charge in [-0.25, -0.2) is 9.38 Å². The first kappa shape index (κ1) is 18.6. The van der Waals surface area contributed by atoms with Gasteiger partial charge < -0.3 is 9.73 Å². The number of nitrogens with zero attached hydrogens (tertiary/aromatic N) is 1.